The molecule has 0 aromatic carbocycles. The number of H-pyrrole nitrogens is 1. The zero-order valence-corrected chi connectivity index (χ0v) is 5.13. The first kappa shape index (κ1) is 6.54. The van der Waals surface area contributed by atoms with Gasteiger partial charge in [-0.05, 0) is 12.1 Å². The summed E-state index contributed by atoms with van der Waals surface area (Å²) in [4.78, 5) is 23.1. The van der Waals surface area contributed by atoms with Crippen LogP contribution in [0.25, 0.3) is 0 Å². The van der Waals surface area contributed by atoms with E-state index < -0.39 is 5.91 Å². The van der Waals surface area contributed by atoms with Crippen LogP contribution in [0.15, 0.2) is 18.3 Å². The Morgan fingerprint density at radius 2 is 2.50 bits per heavy atom. The van der Waals surface area contributed by atoms with Crippen LogP contribution in [0.5, 0.6) is 0 Å². The van der Waals surface area contributed by atoms with Gasteiger partial charge in [-0.15, -0.1) is 0 Å². The van der Waals surface area contributed by atoms with Gasteiger partial charge in [0.25, 0.3) is 5.91 Å². The minimum absolute atomic E-state index is 0.350. The number of nitrogens with one attached hydrogen (secondary N) is 2. The minimum atomic E-state index is -0.417. The first-order chi connectivity index (χ1) is 4.84. The number of carbonyl (C=O) groups excluding carboxylic acids is 2. The third kappa shape index (κ3) is 1.22. The van der Waals surface area contributed by atoms with Crippen LogP contribution in [0.1, 0.15) is 10.5 Å². The molecular weight excluding hydrogens is 132 g/mol. The van der Waals surface area contributed by atoms with Gasteiger partial charge in [0.2, 0.25) is 6.41 Å². The maximum atomic E-state index is 10.7. The number of amides is 2. The summed E-state index contributed by atoms with van der Waals surface area (Å²) in [7, 11) is 0. The molecule has 1 aromatic heterocycles. The van der Waals surface area contributed by atoms with Gasteiger partial charge in [-0.3, -0.25) is 14.9 Å². The Morgan fingerprint density at radius 1 is 1.70 bits per heavy atom. The molecule has 0 atom stereocenters. The normalized spacial score (nSPS) is 8.80. The van der Waals surface area contributed by atoms with E-state index in [1.165, 1.54) is 0 Å². The van der Waals surface area contributed by atoms with Gasteiger partial charge in [0.15, 0.2) is 0 Å². The summed E-state index contributed by atoms with van der Waals surface area (Å²) in [6, 6.07) is 3.26. The highest BCUT2D eigenvalue weighted by molar-refractivity contribution is 5.98. The maximum absolute atomic E-state index is 10.7. The zero-order valence-electron chi connectivity index (χ0n) is 5.13. The summed E-state index contributed by atoms with van der Waals surface area (Å²) in [6.07, 6.45) is 1.96. The molecule has 0 radical (unpaired) electrons. The average molecular weight is 138 g/mol. The van der Waals surface area contributed by atoms with Crippen LogP contribution < -0.4 is 5.32 Å². The fourth-order valence-corrected chi connectivity index (χ4v) is 0.603. The van der Waals surface area contributed by atoms with Crippen LogP contribution >= 0.6 is 0 Å². The van der Waals surface area contributed by atoms with Crippen molar-refractivity contribution < 1.29 is 9.59 Å². The van der Waals surface area contributed by atoms with Gasteiger partial charge in [-0.1, -0.05) is 0 Å². The number of hydrogen-bond donors (Lipinski definition) is 2. The average Bonchev–Trinajstić information content (AvgIpc) is 2.38. The molecular formula is C6H6N2O2. The van der Waals surface area contributed by atoms with E-state index in [4.69, 9.17) is 0 Å². The van der Waals surface area contributed by atoms with Gasteiger partial charge in [0.05, 0.1) is 0 Å². The standard InChI is InChI=1S/C6H6N2O2/c9-4-8-6(10)5-2-1-3-7-5/h1-4,7H,(H,8,9,10). The van der Waals surface area contributed by atoms with Crippen molar-refractivity contribution in [3.05, 3.63) is 24.0 Å². The lowest BCUT2D eigenvalue weighted by molar-refractivity contribution is -0.108. The number of hydrogen-bond acceptors (Lipinski definition) is 2. The highest BCUT2D eigenvalue weighted by Gasteiger charge is 2.01. The predicted octanol–water partition coefficient (Wildman–Crippen LogP) is -0.0991. The Balaban J connectivity index is 2.68. The minimum Gasteiger partial charge on any atom is -0.357 e. The van der Waals surface area contributed by atoms with Crippen molar-refractivity contribution in [3.63, 3.8) is 0 Å². The highest BCUT2D eigenvalue weighted by Crippen LogP contribution is 1.91. The molecule has 1 heterocycles. The molecule has 0 spiro atoms. The highest BCUT2D eigenvalue weighted by atomic mass is 16.2. The zero-order chi connectivity index (χ0) is 7.40. The molecule has 0 saturated heterocycles. The second kappa shape index (κ2) is 2.82. The van der Waals surface area contributed by atoms with E-state index in [1.54, 1.807) is 18.3 Å². The topological polar surface area (TPSA) is 62.0 Å². The molecule has 0 unspecified atom stereocenters. The van der Waals surface area contributed by atoms with Gasteiger partial charge < -0.3 is 4.98 Å². The fraction of sp³-hybridized carbons (Fsp3) is 0. The lowest BCUT2D eigenvalue weighted by Gasteiger charge is -1.90. The molecule has 52 valence electrons. The van der Waals surface area contributed by atoms with Gasteiger partial charge in [0, 0.05) is 6.20 Å². The van der Waals surface area contributed by atoms with Crippen LogP contribution in [0.2, 0.25) is 0 Å². The maximum Gasteiger partial charge on any atom is 0.274 e. The van der Waals surface area contributed by atoms with Crippen LogP contribution in [0, 0.1) is 0 Å². The molecule has 0 aliphatic rings. The number of aromatic nitrogens is 1. The predicted molar refractivity (Wildman–Crippen MR) is 34.3 cm³/mol. The van der Waals surface area contributed by atoms with Crippen LogP contribution in [0.3, 0.4) is 0 Å². The second-order valence-electron chi connectivity index (χ2n) is 1.68. The summed E-state index contributed by atoms with van der Waals surface area (Å²) in [5.74, 6) is -0.417. The number of imide groups is 1. The first-order valence-corrected chi connectivity index (χ1v) is 2.72. The summed E-state index contributed by atoms with van der Waals surface area (Å²) in [5, 5.41) is 2.00. The second-order valence-corrected chi connectivity index (χ2v) is 1.68. The molecule has 0 aliphatic carbocycles. The van der Waals surface area contributed by atoms with E-state index >= 15 is 0 Å². The van der Waals surface area contributed by atoms with Crippen molar-refractivity contribution in [2.24, 2.45) is 0 Å². The lowest BCUT2D eigenvalue weighted by atomic mass is 10.4. The smallest absolute Gasteiger partial charge is 0.274 e. The summed E-state index contributed by atoms with van der Waals surface area (Å²) >= 11 is 0. The summed E-state index contributed by atoms with van der Waals surface area (Å²) in [5.41, 5.74) is 0.382. The molecule has 1 rings (SSSR count). The largest absolute Gasteiger partial charge is 0.357 e. The molecule has 0 bridgehead atoms. The van der Waals surface area contributed by atoms with Crippen molar-refractivity contribution in [2.75, 3.05) is 0 Å². The molecule has 1 aromatic rings. The monoisotopic (exact) mass is 138 g/mol. The fourth-order valence-electron chi connectivity index (χ4n) is 0.603. The van der Waals surface area contributed by atoms with Gasteiger partial charge >= 0.3 is 0 Å². The Labute approximate surface area is 57.2 Å². The van der Waals surface area contributed by atoms with Gasteiger partial charge in [0.1, 0.15) is 5.69 Å². The molecule has 0 saturated carbocycles. The Kier molecular flexibility index (Phi) is 1.84. The van der Waals surface area contributed by atoms with Crippen molar-refractivity contribution in [3.8, 4) is 0 Å². The van der Waals surface area contributed by atoms with Crippen LogP contribution in [-0.2, 0) is 4.79 Å². The van der Waals surface area contributed by atoms with E-state index in [0.717, 1.165) is 0 Å². The number of rotatable bonds is 2. The summed E-state index contributed by atoms with van der Waals surface area (Å²) in [6.45, 7) is 0. The molecule has 2 N–H and O–H groups in total. The Bertz CT molecular complexity index is 228. The van der Waals surface area contributed by atoms with Crippen molar-refractivity contribution in [1.29, 1.82) is 0 Å². The van der Waals surface area contributed by atoms with Gasteiger partial charge in [-0.2, -0.15) is 0 Å². The van der Waals surface area contributed by atoms with Crippen molar-refractivity contribution in [2.45, 2.75) is 0 Å². The molecule has 10 heavy (non-hydrogen) atoms. The Morgan fingerprint density at radius 3 is 3.00 bits per heavy atom. The number of carbonyl (C=O) groups is 2. The third-order valence-electron chi connectivity index (χ3n) is 1.03. The van der Waals surface area contributed by atoms with E-state index in [-0.39, 0.29) is 0 Å². The molecule has 4 nitrogen and oxygen atoms in total. The Hall–Kier alpha value is -1.58. The van der Waals surface area contributed by atoms with Crippen LogP contribution in [0.4, 0.5) is 0 Å². The number of aromatic amines is 1. The molecule has 0 aliphatic heterocycles. The van der Waals surface area contributed by atoms with Crippen molar-refractivity contribution >= 4 is 12.3 Å². The van der Waals surface area contributed by atoms with Crippen LogP contribution in [-0.4, -0.2) is 17.3 Å². The van der Waals surface area contributed by atoms with E-state index in [1.807, 2.05) is 5.32 Å². The molecule has 0 fully saturated rings. The third-order valence-corrected chi connectivity index (χ3v) is 1.03. The first-order valence-electron chi connectivity index (χ1n) is 2.72. The van der Waals surface area contributed by atoms with E-state index in [9.17, 15) is 9.59 Å². The SMILES string of the molecule is O=CNC(=O)c1ccc[nH]1. The molecule has 4 heteroatoms. The van der Waals surface area contributed by atoms with Gasteiger partial charge in [-0.25, -0.2) is 0 Å². The van der Waals surface area contributed by atoms with Crippen molar-refractivity contribution in [1.82, 2.24) is 10.3 Å². The quantitative estimate of drug-likeness (QED) is 0.560. The lowest BCUT2D eigenvalue weighted by Crippen LogP contribution is -2.21. The summed E-state index contributed by atoms with van der Waals surface area (Å²) < 4.78 is 0. The van der Waals surface area contributed by atoms with E-state index in [2.05, 4.69) is 4.98 Å². The molecule has 2 amide bonds. The van der Waals surface area contributed by atoms with E-state index in [0.29, 0.717) is 12.1 Å².